The first-order valence-electron chi connectivity index (χ1n) is 5.39. The van der Waals surface area contributed by atoms with Crippen molar-refractivity contribution < 1.29 is 9.90 Å². The molecule has 0 bridgehead atoms. The van der Waals surface area contributed by atoms with Gasteiger partial charge >= 0.3 is 5.97 Å². The first kappa shape index (κ1) is 14.3. The number of hydrogen-bond donors (Lipinski definition) is 3. The minimum atomic E-state index is -0.873. The minimum absolute atomic E-state index is 0.00153. The van der Waals surface area contributed by atoms with Crippen molar-refractivity contribution in [3.8, 4) is 6.07 Å². The van der Waals surface area contributed by atoms with Crippen LogP contribution in [0.3, 0.4) is 0 Å². The Labute approximate surface area is 110 Å². The molecule has 1 aromatic carbocycles. The van der Waals surface area contributed by atoms with Crippen molar-refractivity contribution in [2.45, 2.75) is 12.5 Å². The van der Waals surface area contributed by atoms with Gasteiger partial charge in [-0.15, -0.1) is 0 Å². The molecule has 0 aliphatic rings. The molecule has 0 saturated heterocycles. The quantitative estimate of drug-likeness (QED) is 0.730. The second-order valence-corrected chi connectivity index (χ2v) is 4.21. The smallest absolute Gasteiger partial charge is 0.305 e. The number of halogens is 1. The number of anilines is 1. The Bertz CT molecular complexity index is 471. The van der Waals surface area contributed by atoms with Crippen molar-refractivity contribution in [1.82, 2.24) is 5.32 Å². The highest BCUT2D eigenvalue weighted by atomic mass is 35.5. The summed E-state index contributed by atoms with van der Waals surface area (Å²) < 4.78 is 0. The second-order valence-electron chi connectivity index (χ2n) is 3.80. The van der Waals surface area contributed by atoms with Gasteiger partial charge in [-0.3, -0.25) is 4.79 Å². The van der Waals surface area contributed by atoms with Crippen LogP contribution in [0.4, 0.5) is 5.69 Å². The maximum Gasteiger partial charge on any atom is 0.305 e. The van der Waals surface area contributed by atoms with Gasteiger partial charge in [0.15, 0.2) is 0 Å². The lowest BCUT2D eigenvalue weighted by Gasteiger charge is -2.18. The fraction of sp³-hybridized carbons (Fsp3) is 0.333. The summed E-state index contributed by atoms with van der Waals surface area (Å²) in [7, 11) is 1.75. The summed E-state index contributed by atoms with van der Waals surface area (Å²) >= 11 is 5.90. The van der Waals surface area contributed by atoms with Crippen LogP contribution in [-0.2, 0) is 4.79 Å². The van der Waals surface area contributed by atoms with Gasteiger partial charge in [0.2, 0.25) is 0 Å². The number of carbonyl (C=O) groups is 1. The monoisotopic (exact) mass is 267 g/mol. The molecule has 1 rings (SSSR count). The van der Waals surface area contributed by atoms with Crippen molar-refractivity contribution >= 4 is 23.3 Å². The lowest BCUT2D eigenvalue weighted by atomic mass is 10.1. The summed E-state index contributed by atoms with van der Waals surface area (Å²) in [6.07, 6.45) is -0.00153. The molecule has 0 aromatic heterocycles. The normalized spacial score (nSPS) is 11.6. The molecule has 0 heterocycles. The van der Waals surface area contributed by atoms with E-state index >= 15 is 0 Å². The molecule has 0 amide bonds. The third kappa shape index (κ3) is 4.24. The van der Waals surface area contributed by atoms with Crippen LogP contribution in [0.2, 0.25) is 5.02 Å². The summed E-state index contributed by atoms with van der Waals surface area (Å²) in [6, 6.07) is 6.65. The highest BCUT2D eigenvalue weighted by molar-refractivity contribution is 6.32. The van der Waals surface area contributed by atoms with Crippen LogP contribution >= 0.6 is 11.6 Å². The van der Waals surface area contributed by atoms with Crippen LogP contribution in [0, 0.1) is 11.3 Å². The maximum absolute atomic E-state index is 10.7. The first-order chi connectivity index (χ1) is 8.56. The molecule has 6 heteroatoms. The number of rotatable bonds is 6. The van der Waals surface area contributed by atoms with E-state index in [-0.39, 0.29) is 12.5 Å². The Morgan fingerprint density at radius 2 is 2.33 bits per heavy atom. The Morgan fingerprint density at radius 3 is 2.83 bits per heavy atom. The lowest BCUT2D eigenvalue weighted by Crippen LogP contribution is -2.33. The van der Waals surface area contributed by atoms with Gasteiger partial charge < -0.3 is 15.7 Å². The molecule has 0 fully saturated rings. The number of likely N-dealkylation sites (N-methyl/N-ethyl adjacent to an activating group) is 1. The van der Waals surface area contributed by atoms with Crippen molar-refractivity contribution in [3.63, 3.8) is 0 Å². The van der Waals surface area contributed by atoms with E-state index in [9.17, 15) is 4.79 Å². The van der Waals surface area contributed by atoms with Gasteiger partial charge in [0.1, 0.15) is 6.07 Å². The molecular weight excluding hydrogens is 254 g/mol. The molecule has 1 atom stereocenters. The highest BCUT2D eigenvalue weighted by Crippen LogP contribution is 2.21. The summed E-state index contributed by atoms with van der Waals surface area (Å²) in [5, 5.41) is 23.9. The van der Waals surface area contributed by atoms with E-state index in [0.29, 0.717) is 22.8 Å². The molecule has 0 saturated carbocycles. The van der Waals surface area contributed by atoms with Crippen LogP contribution < -0.4 is 10.6 Å². The second kappa shape index (κ2) is 6.84. The molecule has 0 aliphatic carbocycles. The summed E-state index contributed by atoms with van der Waals surface area (Å²) in [4.78, 5) is 10.7. The third-order valence-corrected chi connectivity index (χ3v) is 2.64. The number of hydrogen-bond acceptors (Lipinski definition) is 4. The molecule has 3 N–H and O–H groups in total. The molecule has 0 radical (unpaired) electrons. The van der Waals surface area contributed by atoms with E-state index in [1.165, 1.54) is 0 Å². The molecule has 96 valence electrons. The molecule has 0 aliphatic heterocycles. The zero-order valence-corrected chi connectivity index (χ0v) is 10.7. The van der Waals surface area contributed by atoms with E-state index in [0.717, 1.165) is 0 Å². The topological polar surface area (TPSA) is 85.2 Å². The number of nitrogens with one attached hydrogen (secondary N) is 2. The average Bonchev–Trinajstić information content (AvgIpc) is 2.28. The first-order valence-corrected chi connectivity index (χ1v) is 5.77. The van der Waals surface area contributed by atoms with E-state index in [2.05, 4.69) is 10.6 Å². The van der Waals surface area contributed by atoms with Crippen molar-refractivity contribution in [2.75, 3.05) is 18.9 Å². The number of carboxylic acid groups (broad SMARTS) is 1. The average molecular weight is 268 g/mol. The van der Waals surface area contributed by atoms with Crippen LogP contribution in [0.1, 0.15) is 12.0 Å². The third-order valence-electron chi connectivity index (χ3n) is 2.33. The summed E-state index contributed by atoms with van der Waals surface area (Å²) in [5.41, 5.74) is 1.09. The Morgan fingerprint density at radius 1 is 1.61 bits per heavy atom. The Kier molecular flexibility index (Phi) is 5.43. The molecular formula is C12H14ClN3O2. The highest BCUT2D eigenvalue weighted by Gasteiger charge is 2.12. The van der Waals surface area contributed by atoms with Gasteiger partial charge in [-0.25, -0.2) is 0 Å². The maximum atomic E-state index is 10.7. The molecule has 1 aromatic rings. The number of aliphatic carboxylic acids is 1. The minimum Gasteiger partial charge on any atom is -0.481 e. The number of benzene rings is 1. The zero-order chi connectivity index (χ0) is 13.5. The number of nitriles is 1. The SMILES string of the molecule is CNC[C@H](CC(=O)O)Nc1ccc(C#N)c(Cl)c1. The lowest BCUT2D eigenvalue weighted by molar-refractivity contribution is -0.137. The van der Waals surface area contributed by atoms with Crippen LogP contribution in [0.15, 0.2) is 18.2 Å². The van der Waals surface area contributed by atoms with Crippen molar-refractivity contribution in [2.24, 2.45) is 0 Å². The fourth-order valence-electron chi connectivity index (χ4n) is 1.56. The van der Waals surface area contributed by atoms with Crippen LogP contribution in [0.25, 0.3) is 0 Å². The van der Waals surface area contributed by atoms with E-state index < -0.39 is 5.97 Å². The van der Waals surface area contributed by atoms with E-state index in [1.807, 2.05) is 6.07 Å². The van der Waals surface area contributed by atoms with E-state index in [4.69, 9.17) is 22.0 Å². The van der Waals surface area contributed by atoms with Gasteiger partial charge in [-0.05, 0) is 25.2 Å². The predicted octanol–water partition coefficient (Wildman–Crippen LogP) is 1.69. The zero-order valence-electron chi connectivity index (χ0n) is 9.90. The molecule has 5 nitrogen and oxygen atoms in total. The van der Waals surface area contributed by atoms with Crippen molar-refractivity contribution in [3.05, 3.63) is 28.8 Å². The van der Waals surface area contributed by atoms with Gasteiger partial charge in [0, 0.05) is 18.3 Å². The van der Waals surface area contributed by atoms with Gasteiger partial charge in [0.25, 0.3) is 0 Å². The molecule has 0 unspecified atom stereocenters. The van der Waals surface area contributed by atoms with E-state index in [1.54, 1.807) is 25.2 Å². The van der Waals surface area contributed by atoms with Gasteiger partial charge in [-0.1, -0.05) is 11.6 Å². The largest absolute Gasteiger partial charge is 0.481 e. The molecule has 0 spiro atoms. The number of carboxylic acids is 1. The Balaban J connectivity index is 2.77. The summed E-state index contributed by atoms with van der Waals surface area (Å²) in [5.74, 6) is -0.873. The van der Waals surface area contributed by atoms with Gasteiger partial charge in [-0.2, -0.15) is 5.26 Å². The standard InChI is InChI=1S/C12H14ClN3O2/c1-15-7-10(5-12(17)18)16-9-3-2-8(6-14)11(13)4-9/h2-4,10,15-16H,5,7H2,1H3,(H,17,18)/t10-/m0/s1. The van der Waals surface area contributed by atoms with Crippen LogP contribution in [-0.4, -0.2) is 30.7 Å². The van der Waals surface area contributed by atoms with Crippen molar-refractivity contribution in [1.29, 1.82) is 5.26 Å². The molecule has 18 heavy (non-hydrogen) atoms. The van der Waals surface area contributed by atoms with Crippen LogP contribution in [0.5, 0.6) is 0 Å². The number of nitrogens with zero attached hydrogens (tertiary/aromatic N) is 1. The predicted molar refractivity (Wildman–Crippen MR) is 69.8 cm³/mol. The fourth-order valence-corrected chi connectivity index (χ4v) is 1.79. The Hall–Kier alpha value is -1.77. The summed E-state index contributed by atoms with van der Waals surface area (Å²) in [6.45, 7) is 0.518. The van der Waals surface area contributed by atoms with Gasteiger partial charge in [0.05, 0.1) is 17.0 Å².